The van der Waals surface area contributed by atoms with Crippen LogP contribution in [0, 0.1) is 0 Å². The topological polar surface area (TPSA) is 52.1 Å². The number of ether oxygens (including phenoxy) is 1. The molecule has 0 spiro atoms. The smallest absolute Gasteiger partial charge is 0.330 e. The molecule has 0 unspecified atom stereocenters. The highest BCUT2D eigenvalue weighted by atomic mass is 16.5. The summed E-state index contributed by atoms with van der Waals surface area (Å²) in [6.45, 7) is 2.52. The number of nitrogens with zero attached hydrogens (tertiary/aromatic N) is 2. The second-order valence-corrected chi connectivity index (χ2v) is 3.03. The minimum Gasteiger partial charge on any atom is -0.463 e. The fraction of sp³-hybridized carbons (Fsp3) is 0.364. The van der Waals surface area contributed by atoms with Crippen molar-refractivity contribution >= 4 is 12.0 Å². The van der Waals surface area contributed by atoms with E-state index in [1.807, 2.05) is 6.92 Å². The first-order valence-electron chi connectivity index (χ1n) is 4.92. The van der Waals surface area contributed by atoms with Crippen molar-refractivity contribution in [2.24, 2.45) is 0 Å². The summed E-state index contributed by atoms with van der Waals surface area (Å²) in [5.74, 6) is -0.327. The molecule has 0 bridgehead atoms. The number of carbonyl (C=O) groups excluding carboxylic acids is 1. The maximum Gasteiger partial charge on any atom is 0.330 e. The molecule has 0 aliphatic rings. The van der Waals surface area contributed by atoms with Crippen LogP contribution in [0.3, 0.4) is 0 Å². The van der Waals surface area contributed by atoms with Gasteiger partial charge in [0.25, 0.3) is 0 Å². The Kier molecular flexibility index (Phi) is 5.08. The van der Waals surface area contributed by atoms with Gasteiger partial charge in [0.15, 0.2) is 0 Å². The molecule has 0 aromatic carbocycles. The summed E-state index contributed by atoms with van der Waals surface area (Å²) in [5.41, 5.74) is 0.782. The van der Waals surface area contributed by atoms with Crippen molar-refractivity contribution in [3.8, 4) is 0 Å². The largest absolute Gasteiger partial charge is 0.463 e. The third-order valence-corrected chi connectivity index (χ3v) is 1.73. The Morgan fingerprint density at radius 3 is 2.87 bits per heavy atom. The van der Waals surface area contributed by atoms with E-state index < -0.39 is 0 Å². The quantitative estimate of drug-likeness (QED) is 0.419. The molecule has 0 aliphatic heterocycles. The molecule has 0 N–H and O–H groups in total. The lowest BCUT2D eigenvalue weighted by Gasteiger charge is -1.98. The van der Waals surface area contributed by atoms with Crippen molar-refractivity contribution < 1.29 is 9.53 Å². The minimum atomic E-state index is -0.327. The van der Waals surface area contributed by atoms with Crippen LogP contribution in [0.1, 0.15) is 25.3 Å². The first kappa shape index (κ1) is 11.4. The second kappa shape index (κ2) is 6.70. The van der Waals surface area contributed by atoms with E-state index in [-0.39, 0.29) is 5.97 Å². The van der Waals surface area contributed by atoms with E-state index >= 15 is 0 Å². The number of unbranched alkanes of at least 4 members (excludes halogenated alkanes) is 1. The standard InChI is InChI=1S/C11H14N2O2/c1-2-3-6-15-11(14)5-4-10-7-12-9-13-8-10/h4-5,7-9H,2-3,6H2,1H3/b5-4+. The van der Waals surface area contributed by atoms with Crippen LogP contribution in [-0.4, -0.2) is 22.5 Å². The van der Waals surface area contributed by atoms with E-state index in [1.54, 1.807) is 18.5 Å². The van der Waals surface area contributed by atoms with Gasteiger partial charge in [-0.2, -0.15) is 0 Å². The number of esters is 1. The van der Waals surface area contributed by atoms with Crippen molar-refractivity contribution in [3.05, 3.63) is 30.4 Å². The lowest BCUT2D eigenvalue weighted by molar-refractivity contribution is -0.137. The van der Waals surface area contributed by atoms with Crippen molar-refractivity contribution in [1.29, 1.82) is 0 Å². The molecule has 0 amide bonds. The summed E-state index contributed by atoms with van der Waals surface area (Å²) in [4.78, 5) is 18.8. The van der Waals surface area contributed by atoms with Crippen LogP contribution in [0.5, 0.6) is 0 Å². The zero-order valence-corrected chi connectivity index (χ0v) is 8.72. The third kappa shape index (κ3) is 4.90. The number of aromatic nitrogens is 2. The Labute approximate surface area is 89.0 Å². The highest BCUT2D eigenvalue weighted by Crippen LogP contribution is 1.97. The van der Waals surface area contributed by atoms with Gasteiger partial charge in [0.1, 0.15) is 6.33 Å². The Morgan fingerprint density at radius 1 is 1.47 bits per heavy atom. The number of rotatable bonds is 5. The zero-order chi connectivity index (χ0) is 10.9. The molecular weight excluding hydrogens is 192 g/mol. The summed E-state index contributed by atoms with van der Waals surface area (Å²) in [6.07, 6.45) is 9.63. The molecule has 80 valence electrons. The van der Waals surface area contributed by atoms with Gasteiger partial charge in [0.05, 0.1) is 6.61 Å². The van der Waals surface area contributed by atoms with Gasteiger partial charge in [-0.3, -0.25) is 0 Å². The molecule has 15 heavy (non-hydrogen) atoms. The van der Waals surface area contributed by atoms with Crippen molar-refractivity contribution in [2.75, 3.05) is 6.61 Å². The number of hydrogen-bond donors (Lipinski definition) is 0. The highest BCUT2D eigenvalue weighted by molar-refractivity contribution is 5.86. The van der Waals surface area contributed by atoms with Crippen LogP contribution >= 0.6 is 0 Å². The van der Waals surface area contributed by atoms with Crippen LogP contribution < -0.4 is 0 Å². The summed E-state index contributed by atoms with van der Waals surface area (Å²) in [7, 11) is 0. The molecule has 0 saturated heterocycles. The molecule has 0 fully saturated rings. The van der Waals surface area contributed by atoms with Crippen LogP contribution in [0.25, 0.3) is 6.08 Å². The maximum absolute atomic E-state index is 11.1. The molecule has 1 rings (SSSR count). The van der Waals surface area contributed by atoms with E-state index in [4.69, 9.17) is 4.74 Å². The Hall–Kier alpha value is -1.71. The van der Waals surface area contributed by atoms with Gasteiger partial charge in [-0.25, -0.2) is 14.8 Å². The van der Waals surface area contributed by atoms with E-state index in [2.05, 4.69) is 9.97 Å². The maximum atomic E-state index is 11.1. The predicted octanol–water partition coefficient (Wildman–Crippen LogP) is 1.83. The summed E-state index contributed by atoms with van der Waals surface area (Å²) < 4.78 is 4.94. The van der Waals surface area contributed by atoms with E-state index in [0.29, 0.717) is 6.61 Å². The Morgan fingerprint density at radius 2 is 2.20 bits per heavy atom. The van der Waals surface area contributed by atoms with Gasteiger partial charge in [-0.1, -0.05) is 13.3 Å². The molecule has 0 aliphatic carbocycles. The van der Waals surface area contributed by atoms with Crippen LogP contribution in [0.15, 0.2) is 24.8 Å². The van der Waals surface area contributed by atoms with Gasteiger partial charge < -0.3 is 4.74 Å². The molecule has 0 saturated carbocycles. The van der Waals surface area contributed by atoms with E-state index in [0.717, 1.165) is 18.4 Å². The third-order valence-electron chi connectivity index (χ3n) is 1.73. The average Bonchev–Trinajstić information content (AvgIpc) is 2.28. The van der Waals surface area contributed by atoms with E-state index in [1.165, 1.54) is 12.4 Å². The highest BCUT2D eigenvalue weighted by Gasteiger charge is 1.95. The summed E-state index contributed by atoms with van der Waals surface area (Å²) in [5, 5.41) is 0. The SMILES string of the molecule is CCCCOC(=O)/C=C/c1cncnc1. The van der Waals surface area contributed by atoms with Crippen LogP contribution in [-0.2, 0) is 9.53 Å². The van der Waals surface area contributed by atoms with Crippen molar-refractivity contribution in [1.82, 2.24) is 9.97 Å². The fourth-order valence-electron chi connectivity index (χ4n) is 0.926. The minimum absolute atomic E-state index is 0.327. The summed E-state index contributed by atoms with van der Waals surface area (Å²) >= 11 is 0. The van der Waals surface area contributed by atoms with Crippen LogP contribution in [0.4, 0.5) is 0 Å². The van der Waals surface area contributed by atoms with Gasteiger partial charge in [-0.15, -0.1) is 0 Å². The molecule has 1 aromatic heterocycles. The van der Waals surface area contributed by atoms with Crippen molar-refractivity contribution in [3.63, 3.8) is 0 Å². The second-order valence-electron chi connectivity index (χ2n) is 3.03. The predicted molar refractivity (Wildman–Crippen MR) is 56.9 cm³/mol. The van der Waals surface area contributed by atoms with Gasteiger partial charge in [-0.05, 0) is 12.5 Å². The average molecular weight is 206 g/mol. The molecule has 1 aromatic rings. The van der Waals surface area contributed by atoms with Crippen molar-refractivity contribution in [2.45, 2.75) is 19.8 Å². The normalized spacial score (nSPS) is 10.5. The van der Waals surface area contributed by atoms with Gasteiger partial charge in [0, 0.05) is 24.0 Å². The number of hydrogen-bond acceptors (Lipinski definition) is 4. The summed E-state index contributed by atoms with van der Waals surface area (Å²) in [6, 6.07) is 0. The molecule has 0 radical (unpaired) electrons. The zero-order valence-electron chi connectivity index (χ0n) is 8.72. The fourth-order valence-corrected chi connectivity index (χ4v) is 0.926. The first-order valence-corrected chi connectivity index (χ1v) is 4.92. The molecule has 1 heterocycles. The van der Waals surface area contributed by atoms with Crippen LogP contribution in [0.2, 0.25) is 0 Å². The monoisotopic (exact) mass is 206 g/mol. The molecule has 0 atom stereocenters. The molecule has 4 heteroatoms. The van der Waals surface area contributed by atoms with Gasteiger partial charge >= 0.3 is 5.97 Å². The van der Waals surface area contributed by atoms with Gasteiger partial charge in [0.2, 0.25) is 0 Å². The molecular formula is C11H14N2O2. The Bertz CT molecular complexity index is 323. The molecule has 4 nitrogen and oxygen atoms in total. The lowest BCUT2D eigenvalue weighted by Crippen LogP contribution is -2.01. The lowest BCUT2D eigenvalue weighted by atomic mass is 10.3. The van der Waals surface area contributed by atoms with E-state index in [9.17, 15) is 4.79 Å². The number of carbonyl (C=O) groups is 1. The Balaban J connectivity index is 2.34. The first-order chi connectivity index (χ1) is 7.33.